The highest BCUT2D eigenvalue weighted by Crippen LogP contribution is 2.50. The van der Waals surface area contributed by atoms with E-state index in [1.54, 1.807) is 9.80 Å². The number of amides is 2. The van der Waals surface area contributed by atoms with Crippen LogP contribution in [0.4, 0.5) is 5.82 Å². The summed E-state index contributed by atoms with van der Waals surface area (Å²) >= 11 is 1.54. The van der Waals surface area contributed by atoms with Crippen LogP contribution < -0.4 is 14.4 Å². The Morgan fingerprint density at radius 1 is 0.977 bits per heavy atom. The lowest BCUT2D eigenvalue weighted by Crippen LogP contribution is -2.48. The van der Waals surface area contributed by atoms with E-state index in [0.29, 0.717) is 43.6 Å². The van der Waals surface area contributed by atoms with E-state index in [1.165, 1.54) is 11.8 Å². The average molecular weight is 597 g/mol. The highest BCUT2D eigenvalue weighted by atomic mass is 32.2. The Labute approximate surface area is 254 Å². The van der Waals surface area contributed by atoms with Crippen molar-refractivity contribution in [2.45, 2.75) is 19.1 Å². The van der Waals surface area contributed by atoms with E-state index in [1.807, 2.05) is 65.3 Å². The Hall–Kier alpha value is -4.28. The molecule has 0 spiro atoms. The van der Waals surface area contributed by atoms with Crippen molar-refractivity contribution in [1.29, 1.82) is 0 Å². The predicted octanol–water partition coefficient (Wildman–Crippen LogP) is 4.91. The molecule has 0 bridgehead atoms. The van der Waals surface area contributed by atoms with E-state index in [9.17, 15) is 9.59 Å². The molecule has 9 nitrogen and oxygen atoms in total. The lowest BCUT2D eigenvalue weighted by molar-refractivity contribution is -0.134. The molecule has 0 aliphatic carbocycles. The van der Waals surface area contributed by atoms with Gasteiger partial charge in [-0.05, 0) is 48.7 Å². The molecular formula is C33H32N4O5S. The summed E-state index contributed by atoms with van der Waals surface area (Å²) < 4.78 is 18.7. The number of anilines is 1. The third-order valence-electron chi connectivity index (χ3n) is 8.30. The zero-order valence-corrected chi connectivity index (χ0v) is 24.9. The molecule has 2 amide bonds. The van der Waals surface area contributed by atoms with Crippen LogP contribution in [0.15, 0.2) is 66.7 Å². The van der Waals surface area contributed by atoms with E-state index < -0.39 is 0 Å². The summed E-state index contributed by atoms with van der Waals surface area (Å²) in [5.41, 5.74) is 6.59. The number of ether oxygens (including phenoxy) is 3. The van der Waals surface area contributed by atoms with Gasteiger partial charge in [-0.1, -0.05) is 48.5 Å². The Bertz CT molecular complexity index is 1700. The second kappa shape index (κ2) is 11.4. The van der Waals surface area contributed by atoms with Crippen LogP contribution in [-0.4, -0.2) is 71.9 Å². The van der Waals surface area contributed by atoms with Crippen molar-refractivity contribution >= 4 is 29.4 Å². The standard InChI is InChI=1S/C33H32N4O5S/c1-21-7-6-10-25(22(21)2)37-33-30(31(34-37)23-8-4-3-5-9-23)32(24-11-12-26-27(17-24)42-20-41-26)43-19-29(39)36(33)18-28(38)35-13-15-40-16-14-35/h3-12,17,32H,13-16,18-20H2,1-2H3/t32-/m1/s1. The van der Waals surface area contributed by atoms with Crippen LogP contribution in [0.5, 0.6) is 11.5 Å². The highest BCUT2D eigenvalue weighted by molar-refractivity contribution is 8.00. The van der Waals surface area contributed by atoms with Crippen molar-refractivity contribution in [3.63, 3.8) is 0 Å². The van der Waals surface area contributed by atoms with E-state index in [2.05, 4.69) is 19.9 Å². The highest BCUT2D eigenvalue weighted by Gasteiger charge is 2.39. The summed E-state index contributed by atoms with van der Waals surface area (Å²) in [6.07, 6.45) is 0. The molecule has 43 heavy (non-hydrogen) atoms. The van der Waals surface area contributed by atoms with Gasteiger partial charge < -0.3 is 19.1 Å². The Morgan fingerprint density at radius 3 is 2.58 bits per heavy atom. The number of hydrogen-bond acceptors (Lipinski definition) is 7. The zero-order valence-electron chi connectivity index (χ0n) is 24.1. The number of benzene rings is 3. The maximum absolute atomic E-state index is 14.1. The van der Waals surface area contributed by atoms with Gasteiger partial charge in [-0.3, -0.25) is 14.5 Å². The average Bonchev–Trinajstić information content (AvgIpc) is 3.64. The second-order valence-electron chi connectivity index (χ2n) is 10.9. The number of thioether (sulfide) groups is 1. The number of carbonyl (C=O) groups is 2. The molecule has 0 unspecified atom stereocenters. The maximum Gasteiger partial charge on any atom is 0.242 e. The van der Waals surface area contributed by atoms with Crippen LogP contribution in [0.3, 0.4) is 0 Å². The minimum Gasteiger partial charge on any atom is -0.454 e. The van der Waals surface area contributed by atoms with Crippen LogP contribution >= 0.6 is 11.8 Å². The first-order chi connectivity index (χ1) is 21.0. The van der Waals surface area contributed by atoms with Gasteiger partial charge in [0.05, 0.1) is 35.6 Å². The number of aromatic nitrogens is 2. The predicted molar refractivity (Wildman–Crippen MR) is 165 cm³/mol. The molecule has 1 saturated heterocycles. The molecule has 3 aliphatic rings. The van der Waals surface area contributed by atoms with Gasteiger partial charge in [-0.2, -0.15) is 5.10 Å². The molecule has 3 aromatic carbocycles. The van der Waals surface area contributed by atoms with Crippen LogP contribution in [0.1, 0.15) is 27.5 Å². The Kier molecular flexibility index (Phi) is 7.32. The van der Waals surface area contributed by atoms with Crippen LogP contribution in [0.2, 0.25) is 0 Å². The van der Waals surface area contributed by atoms with Crippen molar-refractivity contribution in [3.8, 4) is 28.4 Å². The van der Waals surface area contributed by atoms with Gasteiger partial charge in [0.15, 0.2) is 11.5 Å². The first-order valence-electron chi connectivity index (χ1n) is 14.4. The van der Waals surface area contributed by atoms with E-state index in [4.69, 9.17) is 19.3 Å². The van der Waals surface area contributed by atoms with Gasteiger partial charge in [0.2, 0.25) is 18.6 Å². The Morgan fingerprint density at radius 2 is 1.77 bits per heavy atom. The fraction of sp³-hybridized carbons (Fsp3) is 0.303. The van der Waals surface area contributed by atoms with Crippen molar-refractivity contribution in [2.24, 2.45) is 0 Å². The third kappa shape index (κ3) is 5.04. The quantitative estimate of drug-likeness (QED) is 0.324. The van der Waals surface area contributed by atoms with Crippen molar-refractivity contribution in [3.05, 3.63) is 89.0 Å². The molecule has 1 fully saturated rings. The van der Waals surface area contributed by atoms with Gasteiger partial charge in [0, 0.05) is 24.2 Å². The van der Waals surface area contributed by atoms with E-state index in [-0.39, 0.29) is 36.2 Å². The van der Waals surface area contributed by atoms with Crippen LogP contribution in [0.25, 0.3) is 16.9 Å². The van der Waals surface area contributed by atoms with Crippen molar-refractivity contribution in [1.82, 2.24) is 14.7 Å². The molecule has 1 aromatic heterocycles. The minimum absolute atomic E-state index is 0.0783. The molecule has 7 rings (SSSR count). The van der Waals surface area contributed by atoms with Gasteiger partial charge in [0.25, 0.3) is 0 Å². The first kappa shape index (κ1) is 27.5. The smallest absolute Gasteiger partial charge is 0.242 e. The van der Waals surface area contributed by atoms with E-state index in [0.717, 1.165) is 39.2 Å². The summed E-state index contributed by atoms with van der Waals surface area (Å²) in [5, 5.41) is 4.98. The summed E-state index contributed by atoms with van der Waals surface area (Å²) in [6, 6.07) is 22.0. The van der Waals surface area contributed by atoms with Crippen LogP contribution in [-0.2, 0) is 14.3 Å². The van der Waals surface area contributed by atoms with Gasteiger partial charge in [-0.25, -0.2) is 4.68 Å². The zero-order chi connectivity index (χ0) is 29.5. The number of rotatable bonds is 5. The van der Waals surface area contributed by atoms with Crippen LogP contribution in [0, 0.1) is 13.8 Å². The molecule has 220 valence electrons. The maximum atomic E-state index is 14.1. The number of morpholine rings is 1. The molecule has 0 saturated carbocycles. The lowest BCUT2D eigenvalue weighted by atomic mass is 9.99. The first-order valence-corrected chi connectivity index (χ1v) is 15.5. The van der Waals surface area contributed by atoms with Gasteiger partial charge in [0.1, 0.15) is 12.4 Å². The molecule has 4 aromatic rings. The molecule has 1 atom stereocenters. The summed E-state index contributed by atoms with van der Waals surface area (Å²) in [5.74, 6) is 1.95. The molecule has 0 radical (unpaired) electrons. The number of hydrogen-bond donors (Lipinski definition) is 0. The molecule has 0 N–H and O–H groups in total. The minimum atomic E-state index is -0.258. The molecule has 3 aliphatic heterocycles. The molecule has 4 heterocycles. The van der Waals surface area contributed by atoms with Crippen molar-refractivity contribution < 1.29 is 23.8 Å². The number of carbonyl (C=O) groups excluding carboxylic acids is 2. The van der Waals surface area contributed by atoms with E-state index >= 15 is 0 Å². The lowest BCUT2D eigenvalue weighted by Gasteiger charge is -2.30. The van der Waals surface area contributed by atoms with Gasteiger partial charge >= 0.3 is 0 Å². The fourth-order valence-corrected chi connectivity index (χ4v) is 7.04. The summed E-state index contributed by atoms with van der Waals surface area (Å²) in [7, 11) is 0. The summed E-state index contributed by atoms with van der Waals surface area (Å²) in [4.78, 5) is 31.2. The summed E-state index contributed by atoms with van der Waals surface area (Å²) in [6.45, 7) is 6.23. The number of aryl methyl sites for hydroxylation is 1. The number of fused-ring (bicyclic) bond motifs is 2. The normalized spacial score (nSPS) is 18.0. The van der Waals surface area contributed by atoms with Crippen molar-refractivity contribution in [2.75, 3.05) is 50.3 Å². The third-order valence-corrected chi connectivity index (χ3v) is 9.55. The molecular weight excluding hydrogens is 564 g/mol. The Balaban J connectivity index is 1.47. The molecule has 10 heteroatoms. The number of nitrogens with zero attached hydrogens (tertiary/aromatic N) is 4. The fourth-order valence-electron chi connectivity index (χ4n) is 5.85. The monoisotopic (exact) mass is 596 g/mol. The van der Waals surface area contributed by atoms with Gasteiger partial charge in [-0.15, -0.1) is 11.8 Å². The topological polar surface area (TPSA) is 86.1 Å². The SMILES string of the molecule is Cc1cccc(-n2nc(-c3ccccc3)c3c2N(CC(=O)N2CCOCC2)C(=O)CS[C@@H]3c2ccc3c(c2)OCO3)c1C. The largest absolute Gasteiger partial charge is 0.454 e. The second-order valence-corrected chi connectivity index (χ2v) is 12.0.